The zero-order valence-electron chi connectivity index (χ0n) is 18.1. The van der Waals surface area contributed by atoms with Crippen molar-refractivity contribution in [1.29, 1.82) is 0 Å². The molecular weight excluding hydrogens is 428 g/mol. The van der Waals surface area contributed by atoms with Crippen molar-refractivity contribution in [3.63, 3.8) is 0 Å². The highest BCUT2D eigenvalue weighted by atomic mass is 35.5. The predicted molar refractivity (Wildman–Crippen MR) is 131 cm³/mol. The SMILES string of the molecule is CCCCCCCCCCOc1ccc(C(=O)Sc2ccc(/C=C/C(=O)Cl)cc2)cc1. The first-order valence-corrected chi connectivity index (χ1v) is 12.2. The Labute approximate surface area is 195 Å². The maximum Gasteiger partial charge on any atom is 0.245 e. The molecule has 0 spiro atoms. The molecule has 0 fully saturated rings. The molecule has 0 aliphatic heterocycles. The summed E-state index contributed by atoms with van der Waals surface area (Å²) in [6.45, 7) is 2.96. The lowest BCUT2D eigenvalue weighted by Gasteiger charge is -2.07. The second-order valence-corrected chi connectivity index (χ2v) is 8.86. The lowest BCUT2D eigenvalue weighted by atomic mass is 10.1. The lowest BCUT2D eigenvalue weighted by molar-refractivity contribution is -0.107. The van der Waals surface area contributed by atoms with E-state index in [2.05, 4.69) is 6.92 Å². The first kappa shape index (κ1) is 25.2. The van der Waals surface area contributed by atoms with Crippen molar-refractivity contribution in [2.75, 3.05) is 6.61 Å². The average molecular weight is 459 g/mol. The van der Waals surface area contributed by atoms with Crippen LogP contribution in [0.25, 0.3) is 6.08 Å². The molecule has 0 aliphatic rings. The summed E-state index contributed by atoms with van der Waals surface area (Å²) in [6, 6.07) is 14.7. The van der Waals surface area contributed by atoms with Crippen LogP contribution in [0.4, 0.5) is 0 Å². The monoisotopic (exact) mass is 458 g/mol. The summed E-state index contributed by atoms with van der Waals surface area (Å²) >= 11 is 6.46. The highest BCUT2D eigenvalue weighted by Crippen LogP contribution is 2.25. The maximum atomic E-state index is 12.5. The van der Waals surface area contributed by atoms with E-state index >= 15 is 0 Å². The van der Waals surface area contributed by atoms with E-state index in [0.717, 1.165) is 22.6 Å². The summed E-state index contributed by atoms with van der Waals surface area (Å²) in [5, 5.41) is -0.535. The van der Waals surface area contributed by atoms with Crippen molar-refractivity contribution in [2.24, 2.45) is 0 Å². The van der Waals surface area contributed by atoms with Crippen molar-refractivity contribution in [2.45, 2.75) is 63.2 Å². The van der Waals surface area contributed by atoms with Crippen LogP contribution in [0.15, 0.2) is 59.5 Å². The van der Waals surface area contributed by atoms with Gasteiger partial charge in [0.25, 0.3) is 0 Å². The molecule has 0 heterocycles. The topological polar surface area (TPSA) is 43.4 Å². The molecule has 2 aromatic rings. The molecule has 166 valence electrons. The van der Waals surface area contributed by atoms with Crippen molar-refractivity contribution < 1.29 is 14.3 Å². The fourth-order valence-corrected chi connectivity index (χ4v) is 3.89. The molecule has 0 N–H and O–H groups in total. The number of allylic oxidation sites excluding steroid dienone is 1. The molecule has 0 amide bonds. The van der Waals surface area contributed by atoms with Gasteiger partial charge in [0.2, 0.25) is 10.4 Å². The molecule has 0 saturated carbocycles. The van der Waals surface area contributed by atoms with Crippen LogP contribution in [-0.2, 0) is 4.79 Å². The predicted octanol–water partition coefficient (Wildman–Crippen LogP) is 7.92. The minimum atomic E-state index is -0.515. The van der Waals surface area contributed by atoms with Gasteiger partial charge in [-0.3, -0.25) is 9.59 Å². The van der Waals surface area contributed by atoms with Gasteiger partial charge in [0.05, 0.1) is 6.61 Å². The average Bonchev–Trinajstić information content (AvgIpc) is 2.78. The van der Waals surface area contributed by atoms with Crippen molar-refractivity contribution in [3.05, 3.63) is 65.7 Å². The third-order valence-electron chi connectivity index (χ3n) is 4.85. The summed E-state index contributed by atoms with van der Waals surface area (Å²) in [6.07, 6.45) is 13.1. The zero-order valence-corrected chi connectivity index (χ0v) is 19.7. The molecule has 0 bridgehead atoms. The molecule has 3 nitrogen and oxygen atoms in total. The van der Waals surface area contributed by atoms with E-state index in [-0.39, 0.29) is 5.12 Å². The van der Waals surface area contributed by atoms with Crippen LogP contribution in [0.5, 0.6) is 5.75 Å². The first-order chi connectivity index (χ1) is 15.1. The van der Waals surface area contributed by atoms with Crippen LogP contribution >= 0.6 is 23.4 Å². The zero-order chi connectivity index (χ0) is 22.3. The van der Waals surface area contributed by atoms with E-state index in [0.29, 0.717) is 12.2 Å². The number of halogens is 1. The molecule has 31 heavy (non-hydrogen) atoms. The fraction of sp³-hybridized carbons (Fsp3) is 0.385. The maximum absolute atomic E-state index is 12.5. The number of hydrogen-bond donors (Lipinski definition) is 0. The van der Waals surface area contributed by atoms with Gasteiger partial charge in [-0.2, -0.15) is 0 Å². The van der Waals surface area contributed by atoms with Crippen molar-refractivity contribution in [3.8, 4) is 5.75 Å². The van der Waals surface area contributed by atoms with Crippen LogP contribution in [0.3, 0.4) is 0 Å². The molecule has 0 aromatic heterocycles. The summed E-state index contributed by atoms with van der Waals surface area (Å²) in [5.41, 5.74) is 1.49. The first-order valence-electron chi connectivity index (χ1n) is 11.0. The molecule has 0 unspecified atom stereocenters. The molecule has 5 heteroatoms. The Morgan fingerprint density at radius 2 is 1.48 bits per heavy atom. The minimum absolute atomic E-state index is 0.0196. The van der Waals surface area contributed by atoms with Crippen LogP contribution in [0, 0.1) is 0 Å². The highest BCUT2D eigenvalue weighted by Gasteiger charge is 2.08. The highest BCUT2D eigenvalue weighted by molar-refractivity contribution is 8.14. The van der Waals surface area contributed by atoms with Gasteiger partial charge in [-0.25, -0.2) is 0 Å². The van der Waals surface area contributed by atoms with E-state index in [1.165, 1.54) is 62.8 Å². The van der Waals surface area contributed by atoms with Gasteiger partial charge in [0.1, 0.15) is 5.75 Å². The number of benzene rings is 2. The summed E-state index contributed by atoms with van der Waals surface area (Å²) < 4.78 is 5.80. The smallest absolute Gasteiger partial charge is 0.245 e. The van der Waals surface area contributed by atoms with Gasteiger partial charge in [0, 0.05) is 10.5 Å². The van der Waals surface area contributed by atoms with Crippen LogP contribution in [0.1, 0.15) is 74.2 Å². The fourth-order valence-electron chi connectivity index (χ4n) is 3.09. The quantitative estimate of drug-likeness (QED) is 0.125. The molecule has 0 saturated heterocycles. The van der Waals surface area contributed by atoms with Crippen LogP contribution < -0.4 is 4.74 Å². The number of ether oxygens (including phenoxy) is 1. The largest absolute Gasteiger partial charge is 0.494 e. The van der Waals surface area contributed by atoms with E-state index in [4.69, 9.17) is 16.3 Å². The van der Waals surface area contributed by atoms with E-state index < -0.39 is 5.24 Å². The van der Waals surface area contributed by atoms with Crippen LogP contribution in [-0.4, -0.2) is 17.0 Å². The Balaban J connectivity index is 1.70. The Morgan fingerprint density at radius 3 is 2.10 bits per heavy atom. The number of carbonyl (C=O) groups is 2. The molecule has 0 atom stereocenters. The van der Waals surface area contributed by atoms with Gasteiger partial charge in [0.15, 0.2) is 0 Å². The van der Waals surface area contributed by atoms with Gasteiger partial charge < -0.3 is 4.74 Å². The third kappa shape index (κ3) is 10.7. The van der Waals surface area contributed by atoms with Gasteiger partial charge in [-0.05, 0) is 77.8 Å². The van der Waals surface area contributed by atoms with Gasteiger partial charge in [-0.1, -0.05) is 70.1 Å². The molecule has 2 aromatic carbocycles. The Morgan fingerprint density at radius 1 is 0.871 bits per heavy atom. The minimum Gasteiger partial charge on any atom is -0.494 e. The second-order valence-electron chi connectivity index (χ2n) is 7.44. The molecule has 0 aliphatic carbocycles. The summed E-state index contributed by atoms with van der Waals surface area (Å²) in [5.74, 6) is 0.800. The number of carbonyl (C=O) groups excluding carboxylic acids is 2. The molecule has 2 rings (SSSR count). The standard InChI is InChI=1S/C26H31ClO3S/c1-2-3-4-5-6-7-8-9-20-30-23-15-13-22(14-16-23)26(29)31-24-17-10-21(11-18-24)12-19-25(27)28/h10-19H,2-9,20H2,1H3/b19-12+. The Kier molecular flexibility index (Phi) is 12.1. The number of thioether (sulfide) groups is 1. The number of unbranched alkanes of at least 4 members (excludes halogenated alkanes) is 7. The second kappa shape index (κ2) is 14.9. The lowest BCUT2D eigenvalue weighted by Crippen LogP contribution is -1.98. The van der Waals surface area contributed by atoms with Crippen molar-refractivity contribution in [1.82, 2.24) is 0 Å². The molecular formula is C26H31ClO3S. The summed E-state index contributed by atoms with van der Waals surface area (Å²) in [7, 11) is 0. The van der Waals surface area contributed by atoms with Crippen LogP contribution in [0.2, 0.25) is 0 Å². The number of rotatable bonds is 14. The number of hydrogen-bond acceptors (Lipinski definition) is 4. The van der Waals surface area contributed by atoms with E-state index in [1.54, 1.807) is 6.08 Å². The van der Waals surface area contributed by atoms with Crippen molar-refractivity contribution >= 4 is 39.8 Å². The normalized spacial score (nSPS) is 11.0. The Bertz CT molecular complexity index is 829. The third-order valence-corrected chi connectivity index (χ3v) is 5.91. The van der Waals surface area contributed by atoms with Gasteiger partial charge in [-0.15, -0.1) is 0 Å². The Hall–Kier alpha value is -2.04. The van der Waals surface area contributed by atoms with E-state index in [1.807, 2.05) is 48.5 Å². The van der Waals surface area contributed by atoms with E-state index in [9.17, 15) is 9.59 Å². The molecule has 0 radical (unpaired) electrons. The summed E-state index contributed by atoms with van der Waals surface area (Å²) in [4.78, 5) is 24.1. The van der Waals surface area contributed by atoms with Gasteiger partial charge >= 0.3 is 0 Å².